The van der Waals surface area contributed by atoms with Crippen molar-refractivity contribution in [2.75, 3.05) is 5.33 Å². The minimum absolute atomic E-state index is 0.0807. The summed E-state index contributed by atoms with van der Waals surface area (Å²) in [6, 6.07) is 1.98. The van der Waals surface area contributed by atoms with Crippen molar-refractivity contribution in [2.24, 2.45) is 0 Å². The van der Waals surface area contributed by atoms with Gasteiger partial charge in [-0.1, -0.05) is 15.9 Å². The highest BCUT2D eigenvalue weighted by atomic mass is 79.9. The molecule has 0 aliphatic heterocycles. The Morgan fingerprint density at radius 1 is 1.62 bits per heavy atom. The molecule has 0 radical (unpaired) electrons. The fourth-order valence-electron chi connectivity index (χ4n) is 0.804. The van der Waals surface area contributed by atoms with E-state index in [1.807, 2.05) is 11.4 Å². The number of hydrogen-bond acceptors (Lipinski definition) is 2. The third-order valence-electron chi connectivity index (χ3n) is 1.46. The molecule has 1 heterocycles. The zero-order chi connectivity index (χ0) is 9.68. The largest absolute Gasteiger partial charge is 0.351 e. The highest BCUT2D eigenvalue weighted by molar-refractivity contribution is 9.10. The third-order valence-corrected chi connectivity index (χ3v) is 3.78. The summed E-state index contributed by atoms with van der Waals surface area (Å²) in [5.41, 5.74) is 0. The zero-order valence-electron chi connectivity index (χ0n) is 6.85. The van der Waals surface area contributed by atoms with Gasteiger partial charge in [-0.3, -0.25) is 4.79 Å². The molecule has 0 aliphatic rings. The maximum Gasteiger partial charge on any atom is 0.221 e. The molecule has 0 aromatic carbocycles. The number of rotatable bonds is 4. The molecule has 0 spiro atoms. The summed E-state index contributed by atoms with van der Waals surface area (Å²) in [5, 5.41) is 5.55. The minimum Gasteiger partial charge on any atom is -0.351 e. The molecule has 1 aromatic heterocycles. The van der Waals surface area contributed by atoms with Crippen LogP contribution in [-0.4, -0.2) is 11.2 Å². The van der Waals surface area contributed by atoms with Gasteiger partial charge in [0.1, 0.15) is 0 Å². The van der Waals surface area contributed by atoms with Crippen LogP contribution in [0.5, 0.6) is 0 Å². The smallest absolute Gasteiger partial charge is 0.221 e. The van der Waals surface area contributed by atoms with Crippen molar-refractivity contribution in [3.05, 3.63) is 20.8 Å². The van der Waals surface area contributed by atoms with Crippen LogP contribution in [0.2, 0.25) is 0 Å². The Morgan fingerprint density at radius 3 is 2.92 bits per heavy atom. The molecule has 1 amide bonds. The fourth-order valence-corrected chi connectivity index (χ4v) is 2.60. The molecule has 5 heteroatoms. The second-order valence-corrected chi connectivity index (χ2v) is 5.06. The van der Waals surface area contributed by atoms with Crippen LogP contribution in [0.25, 0.3) is 0 Å². The fraction of sp³-hybridized carbons (Fsp3) is 0.375. The van der Waals surface area contributed by atoms with Gasteiger partial charge in [-0.25, -0.2) is 0 Å². The summed E-state index contributed by atoms with van der Waals surface area (Å²) in [7, 11) is 0. The average Bonchev–Trinajstić information content (AvgIpc) is 2.48. The number of carbonyl (C=O) groups excluding carboxylic acids is 1. The van der Waals surface area contributed by atoms with E-state index in [2.05, 4.69) is 37.2 Å². The molecular weight excluding hydrogens is 318 g/mol. The van der Waals surface area contributed by atoms with Crippen LogP contribution < -0.4 is 5.32 Å². The Morgan fingerprint density at radius 2 is 2.38 bits per heavy atom. The van der Waals surface area contributed by atoms with E-state index < -0.39 is 0 Å². The molecule has 0 atom stereocenters. The van der Waals surface area contributed by atoms with Crippen molar-refractivity contribution in [1.29, 1.82) is 0 Å². The standard InChI is InChI=1S/C8H9Br2NOS/c9-3-1-8(12)11-5-7-6(10)2-4-13-7/h2,4H,1,3,5H2,(H,11,12). The topological polar surface area (TPSA) is 29.1 Å². The van der Waals surface area contributed by atoms with Crippen molar-refractivity contribution in [3.8, 4) is 0 Å². The first-order valence-corrected chi connectivity index (χ1v) is 6.58. The normalized spacial score (nSPS) is 10.0. The molecule has 0 saturated carbocycles. The number of hydrogen-bond donors (Lipinski definition) is 1. The van der Waals surface area contributed by atoms with E-state index in [0.717, 1.165) is 9.35 Å². The summed E-state index contributed by atoms with van der Waals surface area (Å²) in [4.78, 5) is 12.3. The van der Waals surface area contributed by atoms with Crippen molar-refractivity contribution in [1.82, 2.24) is 5.32 Å². The molecule has 0 aliphatic carbocycles. The van der Waals surface area contributed by atoms with Gasteiger partial charge in [-0.05, 0) is 27.4 Å². The number of carbonyl (C=O) groups is 1. The summed E-state index contributed by atoms with van der Waals surface area (Å²) >= 11 is 8.26. The lowest BCUT2D eigenvalue weighted by Crippen LogP contribution is -2.22. The van der Waals surface area contributed by atoms with Crippen molar-refractivity contribution < 1.29 is 4.79 Å². The lowest BCUT2D eigenvalue weighted by Gasteiger charge is -2.01. The molecule has 0 saturated heterocycles. The van der Waals surface area contributed by atoms with Crippen LogP contribution in [0, 0.1) is 0 Å². The maximum absolute atomic E-state index is 11.1. The van der Waals surface area contributed by atoms with E-state index in [9.17, 15) is 4.79 Å². The van der Waals surface area contributed by atoms with E-state index in [-0.39, 0.29) is 5.91 Å². The Balaban J connectivity index is 2.35. The van der Waals surface area contributed by atoms with Gasteiger partial charge in [0, 0.05) is 21.1 Å². The Bertz CT molecular complexity index is 287. The Kier molecular flexibility index (Phi) is 4.98. The van der Waals surface area contributed by atoms with Gasteiger partial charge in [-0.2, -0.15) is 0 Å². The van der Waals surface area contributed by atoms with E-state index >= 15 is 0 Å². The van der Waals surface area contributed by atoms with Crippen LogP contribution in [0.15, 0.2) is 15.9 Å². The monoisotopic (exact) mass is 325 g/mol. The number of thiophene rings is 1. The lowest BCUT2D eigenvalue weighted by molar-refractivity contribution is -0.120. The Hall–Kier alpha value is 0.130. The molecule has 0 bridgehead atoms. The molecule has 0 unspecified atom stereocenters. The average molecular weight is 327 g/mol. The van der Waals surface area contributed by atoms with E-state index in [4.69, 9.17) is 0 Å². The molecule has 0 fully saturated rings. The van der Waals surface area contributed by atoms with E-state index in [1.54, 1.807) is 11.3 Å². The quantitative estimate of drug-likeness (QED) is 0.847. The number of halogens is 2. The molecule has 1 rings (SSSR count). The van der Waals surface area contributed by atoms with Crippen LogP contribution >= 0.6 is 43.2 Å². The summed E-state index contributed by atoms with van der Waals surface area (Å²) in [6.07, 6.45) is 0.531. The zero-order valence-corrected chi connectivity index (χ0v) is 10.8. The number of amides is 1. The maximum atomic E-state index is 11.1. The van der Waals surface area contributed by atoms with E-state index in [0.29, 0.717) is 18.3 Å². The highest BCUT2D eigenvalue weighted by Crippen LogP contribution is 2.22. The van der Waals surface area contributed by atoms with Crippen molar-refractivity contribution >= 4 is 49.1 Å². The van der Waals surface area contributed by atoms with Gasteiger partial charge in [0.15, 0.2) is 0 Å². The SMILES string of the molecule is O=C(CCBr)NCc1sccc1Br. The first kappa shape index (κ1) is 11.2. The van der Waals surface area contributed by atoms with Crippen molar-refractivity contribution in [2.45, 2.75) is 13.0 Å². The van der Waals surface area contributed by atoms with Crippen LogP contribution in [-0.2, 0) is 11.3 Å². The van der Waals surface area contributed by atoms with Gasteiger partial charge in [0.25, 0.3) is 0 Å². The molecule has 72 valence electrons. The van der Waals surface area contributed by atoms with Crippen LogP contribution in [0.4, 0.5) is 0 Å². The Labute approximate surface area is 98.0 Å². The lowest BCUT2D eigenvalue weighted by atomic mass is 10.4. The molecular formula is C8H9Br2NOS. The van der Waals surface area contributed by atoms with Crippen LogP contribution in [0.3, 0.4) is 0 Å². The second-order valence-electron chi connectivity index (χ2n) is 2.41. The van der Waals surface area contributed by atoms with Gasteiger partial charge < -0.3 is 5.32 Å². The molecule has 1 N–H and O–H groups in total. The minimum atomic E-state index is 0.0807. The number of alkyl halides is 1. The van der Waals surface area contributed by atoms with Crippen molar-refractivity contribution in [3.63, 3.8) is 0 Å². The first-order valence-electron chi connectivity index (χ1n) is 3.78. The molecule has 1 aromatic rings. The summed E-state index contributed by atoms with van der Waals surface area (Å²) in [5.74, 6) is 0.0807. The molecule has 13 heavy (non-hydrogen) atoms. The highest BCUT2D eigenvalue weighted by Gasteiger charge is 2.03. The summed E-state index contributed by atoms with van der Waals surface area (Å²) in [6.45, 7) is 0.615. The molecule has 2 nitrogen and oxygen atoms in total. The number of nitrogens with one attached hydrogen (secondary N) is 1. The van der Waals surface area contributed by atoms with Gasteiger partial charge in [0.05, 0.1) is 6.54 Å². The third kappa shape index (κ3) is 3.79. The van der Waals surface area contributed by atoms with Gasteiger partial charge in [-0.15, -0.1) is 11.3 Å². The summed E-state index contributed by atoms with van der Waals surface area (Å²) < 4.78 is 1.07. The predicted molar refractivity (Wildman–Crippen MR) is 62.3 cm³/mol. The van der Waals surface area contributed by atoms with E-state index in [1.165, 1.54) is 0 Å². The first-order chi connectivity index (χ1) is 6.24. The second kappa shape index (κ2) is 5.78. The predicted octanol–water partition coefficient (Wildman–Crippen LogP) is 2.91. The van der Waals surface area contributed by atoms with Gasteiger partial charge in [0.2, 0.25) is 5.91 Å². The van der Waals surface area contributed by atoms with Gasteiger partial charge >= 0.3 is 0 Å². The van der Waals surface area contributed by atoms with Crippen LogP contribution in [0.1, 0.15) is 11.3 Å².